The van der Waals surface area contributed by atoms with Crippen molar-refractivity contribution >= 4 is 38.7 Å². The number of carbonyl (C=O) groups excluding carboxylic acids is 2. The Balaban J connectivity index is 1.69. The van der Waals surface area contributed by atoms with Gasteiger partial charge in [0.1, 0.15) is 5.58 Å². The summed E-state index contributed by atoms with van der Waals surface area (Å²) in [6.07, 6.45) is 3.72. The summed E-state index contributed by atoms with van der Waals surface area (Å²) < 4.78 is 11.2. The van der Waals surface area contributed by atoms with E-state index in [1.54, 1.807) is 13.2 Å². The van der Waals surface area contributed by atoms with Crippen LogP contribution in [0, 0.1) is 0 Å². The minimum Gasteiger partial charge on any atom is -0.465 e. The standard InChI is InChI=1S/C18H20BrNO4/c1-2-23-17(22)11-20-6-3-4-15(20)16(21)10-12-8-13-5-7-24-18(13)14(19)9-12/h5,7-9,15H,2-4,6,10-11H2,1H3/t15-/m0/s1. The van der Waals surface area contributed by atoms with Gasteiger partial charge in [-0.05, 0) is 66.0 Å². The number of hydrogen-bond acceptors (Lipinski definition) is 5. The number of likely N-dealkylation sites (tertiary alicyclic amines) is 1. The van der Waals surface area contributed by atoms with E-state index in [2.05, 4.69) is 15.9 Å². The molecule has 128 valence electrons. The first-order valence-corrected chi connectivity index (χ1v) is 8.95. The fourth-order valence-electron chi connectivity index (χ4n) is 3.27. The Morgan fingerprint density at radius 3 is 3.04 bits per heavy atom. The minimum atomic E-state index is -0.264. The molecule has 2 heterocycles. The third-order valence-corrected chi connectivity index (χ3v) is 4.91. The molecule has 1 saturated heterocycles. The third kappa shape index (κ3) is 3.70. The summed E-state index contributed by atoms with van der Waals surface area (Å²) >= 11 is 3.49. The molecule has 0 N–H and O–H groups in total. The lowest BCUT2D eigenvalue weighted by Crippen LogP contribution is -2.40. The van der Waals surface area contributed by atoms with Gasteiger partial charge in [0, 0.05) is 11.8 Å². The Hall–Kier alpha value is -1.66. The maximum absolute atomic E-state index is 12.7. The van der Waals surface area contributed by atoms with Crippen LogP contribution < -0.4 is 0 Å². The van der Waals surface area contributed by atoms with Crippen molar-refractivity contribution in [2.75, 3.05) is 19.7 Å². The number of benzene rings is 1. The predicted octanol–water partition coefficient (Wildman–Crippen LogP) is 3.33. The van der Waals surface area contributed by atoms with Gasteiger partial charge in [-0.3, -0.25) is 14.5 Å². The van der Waals surface area contributed by atoms with Crippen LogP contribution in [0.25, 0.3) is 11.0 Å². The molecule has 0 saturated carbocycles. The normalized spacial score (nSPS) is 18.2. The number of rotatable bonds is 6. The molecule has 3 rings (SSSR count). The monoisotopic (exact) mass is 393 g/mol. The van der Waals surface area contributed by atoms with Crippen molar-refractivity contribution in [1.29, 1.82) is 0 Å². The lowest BCUT2D eigenvalue weighted by atomic mass is 10.0. The van der Waals surface area contributed by atoms with Crippen LogP contribution in [0.1, 0.15) is 25.3 Å². The quantitative estimate of drug-likeness (QED) is 0.704. The van der Waals surface area contributed by atoms with Crippen LogP contribution in [0.3, 0.4) is 0 Å². The van der Waals surface area contributed by atoms with Gasteiger partial charge in [-0.2, -0.15) is 0 Å². The van der Waals surface area contributed by atoms with Gasteiger partial charge >= 0.3 is 5.97 Å². The molecule has 1 aromatic heterocycles. The Kier molecular flexibility index (Phi) is 5.36. The molecule has 0 radical (unpaired) electrons. The molecular formula is C18H20BrNO4. The van der Waals surface area contributed by atoms with Crippen LogP contribution in [-0.2, 0) is 20.7 Å². The molecule has 0 unspecified atom stereocenters. The summed E-state index contributed by atoms with van der Waals surface area (Å²) in [6, 6.07) is 5.59. The van der Waals surface area contributed by atoms with Gasteiger partial charge < -0.3 is 9.15 Å². The number of furan rings is 1. The van der Waals surface area contributed by atoms with E-state index in [9.17, 15) is 9.59 Å². The van der Waals surface area contributed by atoms with Crippen molar-refractivity contribution in [3.8, 4) is 0 Å². The van der Waals surface area contributed by atoms with E-state index in [0.717, 1.165) is 40.4 Å². The van der Waals surface area contributed by atoms with Crippen molar-refractivity contribution in [2.24, 2.45) is 0 Å². The number of Topliss-reactive ketones (excluding diaryl/α,β-unsaturated/α-hetero) is 1. The van der Waals surface area contributed by atoms with Crippen LogP contribution >= 0.6 is 15.9 Å². The Morgan fingerprint density at radius 1 is 1.42 bits per heavy atom. The second-order valence-corrected chi connectivity index (χ2v) is 6.85. The molecule has 1 aromatic carbocycles. The largest absolute Gasteiger partial charge is 0.465 e. The Labute approximate surface area is 149 Å². The highest BCUT2D eigenvalue weighted by Crippen LogP contribution is 2.28. The van der Waals surface area contributed by atoms with Gasteiger partial charge in [-0.25, -0.2) is 0 Å². The van der Waals surface area contributed by atoms with Gasteiger partial charge in [-0.15, -0.1) is 0 Å². The van der Waals surface area contributed by atoms with E-state index >= 15 is 0 Å². The summed E-state index contributed by atoms with van der Waals surface area (Å²) in [5, 5.41) is 0.974. The number of esters is 1. The van der Waals surface area contributed by atoms with E-state index in [4.69, 9.17) is 9.15 Å². The molecule has 0 bridgehead atoms. The minimum absolute atomic E-state index is 0.145. The summed E-state index contributed by atoms with van der Waals surface area (Å²) in [5.41, 5.74) is 1.74. The van der Waals surface area contributed by atoms with Crippen molar-refractivity contribution in [2.45, 2.75) is 32.2 Å². The smallest absolute Gasteiger partial charge is 0.320 e. The van der Waals surface area contributed by atoms with E-state index in [0.29, 0.717) is 13.0 Å². The third-order valence-electron chi connectivity index (χ3n) is 4.32. The fraction of sp³-hybridized carbons (Fsp3) is 0.444. The molecule has 1 aliphatic heterocycles. The predicted molar refractivity (Wildman–Crippen MR) is 93.9 cm³/mol. The molecule has 0 spiro atoms. The van der Waals surface area contributed by atoms with Crippen molar-refractivity contribution in [3.63, 3.8) is 0 Å². The zero-order chi connectivity index (χ0) is 17.1. The molecule has 1 atom stereocenters. The van der Waals surface area contributed by atoms with Crippen molar-refractivity contribution in [3.05, 3.63) is 34.5 Å². The van der Waals surface area contributed by atoms with Crippen LogP contribution in [0.4, 0.5) is 0 Å². The van der Waals surface area contributed by atoms with Gasteiger partial charge in [0.05, 0.1) is 29.9 Å². The van der Waals surface area contributed by atoms with Gasteiger partial charge in [0.25, 0.3) is 0 Å². The van der Waals surface area contributed by atoms with Crippen LogP contribution in [-0.4, -0.2) is 42.4 Å². The lowest BCUT2D eigenvalue weighted by Gasteiger charge is -2.22. The summed E-state index contributed by atoms with van der Waals surface area (Å²) in [5.74, 6) is -0.119. The number of halogens is 1. The lowest BCUT2D eigenvalue weighted by molar-refractivity contribution is -0.145. The molecule has 24 heavy (non-hydrogen) atoms. The van der Waals surface area contributed by atoms with Gasteiger partial charge in [-0.1, -0.05) is 0 Å². The first-order chi connectivity index (χ1) is 11.6. The first kappa shape index (κ1) is 17.2. The van der Waals surface area contributed by atoms with E-state index in [1.165, 1.54) is 0 Å². The van der Waals surface area contributed by atoms with E-state index < -0.39 is 0 Å². The molecule has 1 fully saturated rings. The number of nitrogens with zero attached hydrogens (tertiary/aromatic N) is 1. The molecule has 0 amide bonds. The molecule has 1 aliphatic rings. The van der Waals surface area contributed by atoms with Gasteiger partial charge in [0.15, 0.2) is 5.78 Å². The Morgan fingerprint density at radius 2 is 2.25 bits per heavy atom. The summed E-state index contributed by atoms with van der Waals surface area (Å²) in [4.78, 5) is 26.3. The van der Waals surface area contributed by atoms with E-state index in [1.807, 2.05) is 23.1 Å². The topological polar surface area (TPSA) is 59.8 Å². The highest BCUT2D eigenvalue weighted by Gasteiger charge is 2.32. The second kappa shape index (κ2) is 7.49. The number of ketones is 1. The second-order valence-electron chi connectivity index (χ2n) is 5.99. The first-order valence-electron chi connectivity index (χ1n) is 8.16. The fourth-order valence-corrected chi connectivity index (χ4v) is 3.89. The maximum atomic E-state index is 12.7. The maximum Gasteiger partial charge on any atom is 0.320 e. The van der Waals surface area contributed by atoms with Gasteiger partial charge in [0.2, 0.25) is 0 Å². The SMILES string of the molecule is CCOC(=O)CN1CCC[C@H]1C(=O)Cc1cc(Br)c2occc2c1. The molecule has 5 nitrogen and oxygen atoms in total. The number of ether oxygens (including phenoxy) is 1. The summed E-state index contributed by atoms with van der Waals surface area (Å²) in [7, 11) is 0. The molecule has 2 aromatic rings. The highest BCUT2D eigenvalue weighted by atomic mass is 79.9. The zero-order valence-corrected chi connectivity index (χ0v) is 15.2. The van der Waals surface area contributed by atoms with Crippen molar-refractivity contribution < 1.29 is 18.7 Å². The highest BCUT2D eigenvalue weighted by molar-refractivity contribution is 9.10. The molecule has 6 heteroatoms. The number of fused-ring (bicyclic) bond motifs is 1. The average molecular weight is 394 g/mol. The Bertz CT molecular complexity index is 755. The zero-order valence-electron chi connectivity index (χ0n) is 13.6. The summed E-state index contributed by atoms with van der Waals surface area (Å²) in [6.45, 7) is 3.10. The van der Waals surface area contributed by atoms with E-state index in [-0.39, 0.29) is 24.3 Å². The molecule has 0 aliphatic carbocycles. The van der Waals surface area contributed by atoms with Crippen LogP contribution in [0.15, 0.2) is 33.4 Å². The molecular weight excluding hydrogens is 374 g/mol. The van der Waals surface area contributed by atoms with Crippen LogP contribution in [0.2, 0.25) is 0 Å². The number of hydrogen-bond donors (Lipinski definition) is 0. The van der Waals surface area contributed by atoms with Crippen LogP contribution in [0.5, 0.6) is 0 Å². The van der Waals surface area contributed by atoms with Crippen molar-refractivity contribution in [1.82, 2.24) is 4.90 Å². The number of carbonyl (C=O) groups is 2. The average Bonchev–Trinajstić information content (AvgIpc) is 3.16.